The largest absolute Gasteiger partial charge is 0.375 e. The molecule has 1 N–H and O–H groups in total. The fourth-order valence-corrected chi connectivity index (χ4v) is 2.91. The smallest absolute Gasteiger partial charge is 0.252 e. The first-order chi connectivity index (χ1) is 10.7. The molecule has 0 radical (unpaired) electrons. The summed E-state index contributed by atoms with van der Waals surface area (Å²) in [5.74, 6) is 0.870. The van der Waals surface area contributed by atoms with Gasteiger partial charge >= 0.3 is 0 Å². The van der Waals surface area contributed by atoms with Crippen LogP contribution in [0.5, 0.6) is 0 Å². The third-order valence-electron chi connectivity index (χ3n) is 4.33. The molecule has 1 aliphatic heterocycles. The minimum Gasteiger partial charge on any atom is -0.375 e. The lowest BCUT2D eigenvalue weighted by Gasteiger charge is -2.33. The van der Waals surface area contributed by atoms with E-state index in [0.717, 1.165) is 37.6 Å². The Hall–Kier alpha value is -1.46. The van der Waals surface area contributed by atoms with Gasteiger partial charge in [0.05, 0.1) is 18.3 Å². The van der Waals surface area contributed by atoms with Gasteiger partial charge in [0.1, 0.15) is 0 Å². The third kappa shape index (κ3) is 4.52. The maximum atomic E-state index is 12.1. The molecule has 120 valence electrons. The van der Waals surface area contributed by atoms with Crippen LogP contribution < -0.4 is 5.32 Å². The zero-order valence-electron chi connectivity index (χ0n) is 13.3. The number of aromatic nitrogens is 1. The van der Waals surface area contributed by atoms with Crippen LogP contribution in [0.4, 0.5) is 0 Å². The van der Waals surface area contributed by atoms with E-state index >= 15 is 0 Å². The summed E-state index contributed by atoms with van der Waals surface area (Å²) in [5.41, 5.74) is 1.62. The van der Waals surface area contributed by atoms with Crippen molar-refractivity contribution < 1.29 is 9.53 Å². The summed E-state index contributed by atoms with van der Waals surface area (Å²) in [7, 11) is 0. The summed E-state index contributed by atoms with van der Waals surface area (Å²) in [6.45, 7) is 6.67. The monoisotopic (exact) mass is 303 g/mol. The quantitative estimate of drug-likeness (QED) is 0.868. The van der Waals surface area contributed by atoms with Crippen molar-refractivity contribution >= 4 is 5.91 Å². The Labute approximate surface area is 132 Å². The fourth-order valence-electron chi connectivity index (χ4n) is 2.91. The van der Waals surface area contributed by atoms with E-state index in [1.807, 2.05) is 13.0 Å². The maximum Gasteiger partial charge on any atom is 0.252 e. The summed E-state index contributed by atoms with van der Waals surface area (Å²) in [6, 6.07) is 1.86. The molecule has 0 unspecified atom stereocenters. The SMILES string of the molecule is Cc1cncc(C(=O)NCC[C@@H]2CN(CC3CC3)CCO2)c1. The molecule has 1 aliphatic carbocycles. The number of hydrogen-bond donors (Lipinski definition) is 1. The lowest BCUT2D eigenvalue weighted by Crippen LogP contribution is -2.44. The third-order valence-corrected chi connectivity index (χ3v) is 4.33. The molecular weight excluding hydrogens is 278 g/mol. The molecule has 0 aromatic carbocycles. The van der Waals surface area contributed by atoms with Gasteiger partial charge in [0, 0.05) is 38.6 Å². The number of nitrogens with one attached hydrogen (secondary N) is 1. The number of ether oxygens (including phenoxy) is 1. The van der Waals surface area contributed by atoms with E-state index < -0.39 is 0 Å². The minimum absolute atomic E-state index is 0.0538. The molecule has 0 bridgehead atoms. The second-order valence-electron chi connectivity index (χ2n) is 6.49. The summed E-state index contributed by atoms with van der Waals surface area (Å²) < 4.78 is 5.81. The van der Waals surface area contributed by atoms with Gasteiger partial charge in [-0.25, -0.2) is 0 Å². The van der Waals surface area contributed by atoms with E-state index in [1.54, 1.807) is 12.4 Å². The van der Waals surface area contributed by atoms with Crippen molar-refractivity contribution in [3.8, 4) is 0 Å². The van der Waals surface area contributed by atoms with Gasteiger partial charge in [0.15, 0.2) is 0 Å². The van der Waals surface area contributed by atoms with Gasteiger partial charge in [-0.05, 0) is 43.7 Å². The average molecular weight is 303 g/mol. The van der Waals surface area contributed by atoms with Crippen molar-refractivity contribution in [1.29, 1.82) is 0 Å². The Balaban J connectivity index is 1.39. The van der Waals surface area contributed by atoms with Crippen LogP contribution in [-0.4, -0.2) is 54.7 Å². The van der Waals surface area contributed by atoms with E-state index in [9.17, 15) is 4.79 Å². The Bertz CT molecular complexity index is 516. The zero-order chi connectivity index (χ0) is 15.4. The fraction of sp³-hybridized carbons (Fsp3) is 0.647. The van der Waals surface area contributed by atoms with Crippen LogP contribution in [0.15, 0.2) is 18.5 Å². The molecule has 1 aromatic heterocycles. The van der Waals surface area contributed by atoms with Crippen LogP contribution in [-0.2, 0) is 4.74 Å². The zero-order valence-corrected chi connectivity index (χ0v) is 13.3. The van der Waals surface area contributed by atoms with Crippen molar-refractivity contribution in [2.75, 3.05) is 32.8 Å². The molecule has 5 nitrogen and oxygen atoms in total. The van der Waals surface area contributed by atoms with Gasteiger partial charge in [0.2, 0.25) is 0 Å². The van der Waals surface area contributed by atoms with Gasteiger partial charge in [0.25, 0.3) is 5.91 Å². The van der Waals surface area contributed by atoms with Crippen LogP contribution in [0.2, 0.25) is 0 Å². The molecule has 1 aromatic rings. The van der Waals surface area contributed by atoms with Crippen molar-refractivity contribution in [2.24, 2.45) is 5.92 Å². The highest BCUT2D eigenvalue weighted by molar-refractivity contribution is 5.93. The van der Waals surface area contributed by atoms with Gasteiger partial charge in [-0.2, -0.15) is 0 Å². The number of pyridine rings is 1. The van der Waals surface area contributed by atoms with Gasteiger partial charge < -0.3 is 10.1 Å². The van der Waals surface area contributed by atoms with Crippen LogP contribution in [0.25, 0.3) is 0 Å². The van der Waals surface area contributed by atoms with E-state index in [4.69, 9.17) is 4.74 Å². The number of hydrogen-bond acceptors (Lipinski definition) is 4. The molecule has 5 heteroatoms. The highest BCUT2D eigenvalue weighted by Crippen LogP contribution is 2.30. The summed E-state index contributed by atoms with van der Waals surface area (Å²) in [4.78, 5) is 18.6. The molecule has 3 rings (SSSR count). The first-order valence-corrected chi connectivity index (χ1v) is 8.24. The normalized spacial score (nSPS) is 22.5. The number of amides is 1. The number of nitrogens with zero attached hydrogens (tertiary/aromatic N) is 2. The summed E-state index contributed by atoms with van der Waals surface area (Å²) >= 11 is 0. The van der Waals surface area contributed by atoms with E-state index in [-0.39, 0.29) is 12.0 Å². The highest BCUT2D eigenvalue weighted by Gasteiger charge is 2.27. The Morgan fingerprint density at radius 2 is 2.32 bits per heavy atom. The van der Waals surface area contributed by atoms with E-state index in [1.165, 1.54) is 19.4 Å². The van der Waals surface area contributed by atoms with Gasteiger partial charge in [-0.3, -0.25) is 14.7 Å². The number of rotatable bonds is 6. The topological polar surface area (TPSA) is 54.5 Å². The van der Waals surface area contributed by atoms with Crippen LogP contribution in [0.3, 0.4) is 0 Å². The molecule has 1 saturated carbocycles. The number of aryl methyl sites for hydroxylation is 1. The standard InChI is InChI=1S/C17H25N3O2/c1-13-8-15(10-18-9-13)17(21)19-5-4-16-12-20(6-7-22-16)11-14-2-3-14/h8-10,14,16H,2-7,11-12H2,1H3,(H,19,21)/t16-/m1/s1. The maximum absolute atomic E-state index is 12.1. The molecule has 1 amide bonds. The van der Waals surface area contributed by atoms with Gasteiger partial charge in [-0.15, -0.1) is 0 Å². The average Bonchev–Trinajstić information content (AvgIpc) is 3.31. The van der Waals surface area contributed by atoms with Crippen molar-refractivity contribution in [3.63, 3.8) is 0 Å². The molecular formula is C17H25N3O2. The van der Waals surface area contributed by atoms with Crippen LogP contribution in [0.1, 0.15) is 35.2 Å². The second-order valence-corrected chi connectivity index (χ2v) is 6.49. The summed E-state index contributed by atoms with van der Waals surface area (Å²) in [6.07, 6.45) is 7.25. The highest BCUT2D eigenvalue weighted by atomic mass is 16.5. The number of morpholine rings is 1. The van der Waals surface area contributed by atoms with E-state index in [2.05, 4.69) is 15.2 Å². The number of carbonyl (C=O) groups excluding carboxylic acids is 1. The second kappa shape index (κ2) is 7.20. The predicted molar refractivity (Wildman–Crippen MR) is 84.8 cm³/mol. The van der Waals surface area contributed by atoms with Crippen molar-refractivity contribution in [1.82, 2.24) is 15.2 Å². The van der Waals surface area contributed by atoms with Crippen molar-refractivity contribution in [3.05, 3.63) is 29.6 Å². The first-order valence-electron chi connectivity index (χ1n) is 8.24. The first kappa shape index (κ1) is 15.4. The lowest BCUT2D eigenvalue weighted by atomic mass is 10.2. The Morgan fingerprint density at radius 3 is 3.09 bits per heavy atom. The molecule has 2 heterocycles. The molecule has 2 fully saturated rings. The Morgan fingerprint density at radius 1 is 1.45 bits per heavy atom. The molecule has 22 heavy (non-hydrogen) atoms. The molecule has 2 aliphatic rings. The van der Waals surface area contributed by atoms with Crippen molar-refractivity contribution in [2.45, 2.75) is 32.3 Å². The van der Waals surface area contributed by atoms with Gasteiger partial charge in [-0.1, -0.05) is 0 Å². The lowest BCUT2D eigenvalue weighted by molar-refractivity contribution is -0.0326. The Kier molecular flexibility index (Phi) is 5.05. The molecule has 0 spiro atoms. The summed E-state index contributed by atoms with van der Waals surface area (Å²) in [5, 5.41) is 2.96. The number of carbonyl (C=O) groups is 1. The van der Waals surface area contributed by atoms with E-state index in [0.29, 0.717) is 12.1 Å². The minimum atomic E-state index is -0.0538. The van der Waals surface area contributed by atoms with Crippen LogP contribution >= 0.6 is 0 Å². The predicted octanol–water partition coefficient (Wildman–Crippen LogP) is 1.62. The van der Waals surface area contributed by atoms with Crippen LogP contribution in [0, 0.1) is 12.8 Å². The molecule has 1 atom stereocenters. The molecule has 1 saturated heterocycles.